The van der Waals surface area contributed by atoms with Gasteiger partial charge in [-0.15, -0.1) is 0 Å². The Hall–Kier alpha value is -4.56. The molecule has 0 spiro atoms. The molecule has 3 unspecified atom stereocenters. The predicted octanol–water partition coefficient (Wildman–Crippen LogP) is 11.3. The van der Waals surface area contributed by atoms with Gasteiger partial charge in [0.05, 0.1) is 0 Å². The van der Waals surface area contributed by atoms with Crippen LogP contribution in [0.25, 0.3) is 12.2 Å². The third kappa shape index (κ3) is 8.29. The Morgan fingerprint density at radius 1 is 0.771 bits per heavy atom. The maximum atomic E-state index is 3.92. The fourth-order valence-electron chi connectivity index (χ4n) is 7.54. The first-order chi connectivity index (χ1) is 23.4. The molecule has 1 N–H and O–H groups in total. The van der Waals surface area contributed by atoms with Crippen molar-refractivity contribution in [3.8, 4) is 0 Å². The molecule has 0 aromatic heterocycles. The van der Waals surface area contributed by atoms with Crippen molar-refractivity contribution in [1.29, 1.82) is 0 Å². The van der Waals surface area contributed by atoms with Crippen LogP contribution in [0.1, 0.15) is 68.2 Å². The molecule has 1 saturated heterocycles. The minimum absolute atomic E-state index is 0.0749. The van der Waals surface area contributed by atoms with Gasteiger partial charge in [-0.05, 0) is 103 Å². The maximum absolute atomic E-state index is 3.92. The van der Waals surface area contributed by atoms with Crippen LogP contribution in [0, 0.1) is 17.3 Å². The fourth-order valence-corrected chi connectivity index (χ4v) is 7.54. The van der Waals surface area contributed by atoms with Gasteiger partial charge in [-0.2, -0.15) is 0 Å². The molecule has 3 atom stereocenters. The van der Waals surface area contributed by atoms with Crippen LogP contribution in [0.5, 0.6) is 0 Å². The third-order valence-electron chi connectivity index (χ3n) is 10.3. The van der Waals surface area contributed by atoms with Gasteiger partial charge in [0.25, 0.3) is 0 Å². The summed E-state index contributed by atoms with van der Waals surface area (Å²) in [5, 5.41) is 3.43. The number of rotatable bonds is 14. The summed E-state index contributed by atoms with van der Waals surface area (Å²) in [4.78, 5) is 2.40. The Kier molecular flexibility index (Phi) is 12.0. The average Bonchev–Trinajstić information content (AvgIpc) is 3.32. The molecular weight excluding hydrogens is 581 g/mol. The lowest BCUT2D eigenvalue weighted by atomic mass is 9.74. The number of benzene rings is 2. The van der Waals surface area contributed by atoms with Crippen LogP contribution in [0.15, 0.2) is 157 Å². The van der Waals surface area contributed by atoms with E-state index in [0.29, 0.717) is 11.8 Å². The summed E-state index contributed by atoms with van der Waals surface area (Å²) in [6.07, 6.45) is 36.7. The summed E-state index contributed by atoms with van der Waals surface area (Å²) >= 11 is 0. The van der Waals surface area contributed by atoms with E-state index in [1.807, 2.05) is 19.2 Å². The van der Waals surface area contributed by atoms with Crippen LogP contribution in [0.2, 0.25) is 0 Å². The normalized spacial score (nSPS) is 21.6. The van der Waals surface area contributed by atoms with Crippen molar-refractivity contribution in [1.82, 2.24) is 10.2 Å². The van der Waals surface area contributed by atoms with Crippen LogP contribution in [-0.2, 0) is 12.8 Å². The summed E-state index contributed by atoms with van der Waals surface area (Å²) in [6.45, 7) is 12.6. The number of hydrogen-bond donors (Lipinski definition) is 1. The Balaban J connectivity index is 1.31. The largest absolute Gasteiger partial charge is 0.388 e. The lowest BCUT2D eigenvalue weighted by Gasteiger charge is -2.28. The van der Waals surface area contributed by atoms with Crippen molar-refractivity contribution >= 4 is 12.2 Å². The zero-order valence-corrected chi connectivity index (χ0v) is 29.6. The highest BCUT2D eigenvalue weighted by Crippen LogP contribution is 2.52. The Bertz CT molecular complexity index is 1680. The number of likely N-dealkylation sites (N-methyl/N-ethyl adjacent to an activating group) is 2. The lowest BCUT2D eigenvalue weighted by molar-refractivity contribution is 0.422. The number of allylic oxidation sites excluding steroid dienone is 14. The van der Waals surface area contributed by atoms with E-state index in [1.165, 1.54) is 44.9 Å². The monoisotopic (exact) mass is 634 g/mol. The molecule has 0 radical (unpaired) electrons. The molecule has 0 bridgehead atoms. The second-order valence-electron chi connectivity index (χ2n) is 13.7. The number of likely N-dealkylation sites (tertiary alicyclic amines) is 1. The topological polar surface area (TPSA) is 15.3 Å². The van der Waals surface area contributed by atoms with E-state index < -0.39 is 0 Å². The van der Waals surface area contributed by atoms with Gasteiger partial charge in [-0.1, -0.05) is 142 Å². The fraction of sp³-hybridized carbons (Fsp3) is 0.304. The first kappa shape index (κ1) is 34.8. The molecule has 248 valence electrons. The molecule has 2 aromatic carbocycles. The first-order valence-electron chi connectivity index (χ1n) is 17.7. The van der Waals surface area contributed by atoms with E-state index >= 15 is 0 Å². The van der Waals surface area contributed by atoms with Crippen molar-refractivity contribution in [2.75, 3.05) is 14.1 Å². The van der Waals surface area contributed by atoms with Crippen molar-refractivity contribution in [2.24, 2.45) is 17.3 Å². The van der Waals surface area contributed by atoms with Gasteiger partial charge >= 0.3 is 0 Å². The molecule has 2 aromatic rings. The smallest absolute Gasteiger partial charge is 0.0404 e. The standard InChI is InChI=1S/C46H54N2/c1-7-36-24-28-38(29-25-36)32-35(3)40(33-41-19-14-16-21-43(41)47-5)18-12-10-9-11-13-23-45-46(4,34-39-30-26-37(8-2)27-31-39)42-20-15-17-22-44(42)48(45)6/h7-13,18-31,35,40,47H,1-2,14-17,32-34H2,3-6H3/b10-9+,13-11+,18-12+,45-23+. The molecule has 2 heteroatoms. The zero-order chi connectivity index (χ0) is 33.9. The second-order valence-corrected chi connectivity index (χ2v) is 13.7. The van der Waals surface area contributed by atoms with Crippen molar-refractivity contribution < 1.29 is 0 Å². The molecule has 5 rings (SSSR count). The summed E-state index contributed by atoms with van der Waals surface area (Å²) in [5.74, 6) is 0.931. The Morgan fingerprint density at radius 2 is 1.38 bits per heavy atom. The first-order valence-corrected chi connectivity index (χ1v) is 17.7. The highest BCUT2D eigenvalue weighted by molar-refractivity contribution is 5.54. The number of hydrogen-bond acceptors (Lipinski definition) is 2. The van der Waals surface area contributed by atoms with Gasteiger partial charge in [0.2, 0.25) is 0 Å². The van der Waals surface area contributed by atoms with E-state index in [2.05, 4.69) is 160 Å². The molecule has 3 aliphatic rings. The number of fused-ring (bicyclic) bond motifs is 1. The number of nitrogens with zero attached hydrogens (tertiary/aromatic N) is 1. The van der Waals surface area contributed by atoms with E-state index in [0.717, 1.165) is 50.5 Å². The van der Waals surface area contributed by atoms with E-state index in [4.69, 9.17) is 0 Å². The molecule has 1 aliphatic heterocycles. The summed E-state index contributed by atoms with van der Waals surface area (Å²) < 4.78 is 0. The molecule has 0 amide bonds. The Labute approximate surface area is 290 Å². The molecule has 2 aliphatic carbocycles. The lowest BCUT2D eigenvalue weighted by Crippen LogP contribution is -2.23. The summed E-state index contributed by atoms with van der Waals surface area (Å²) in [7, 11) is 4.26. The number of nitrogens with one attached hydrogen (secondary N) is 1. The van der Waals surface area contributed by atoms with Crippen molar-refractivity contribution in [3.05, 3.63) is 179 Å². The minimum atomic E-state index is -0.0749. The second kappa shape index (κ2) is 16.5. The van der Waals surface area contributed by atoms with Crippen molar-refractivity contribution in [3.63, 3.8) is 0 Å². The van der Waals surface area contributed by atoms with Crippen LogP contribution < -0.4 is 5.32 Å². The molecule has 2 nitrogen and oxygen atoms in total. The summed E-state index contributed by atoms with van der Waals surface area (Å²) in [6, 6.07) is 17.7. The van der Waals surface area contributed by atoms with Crippen LogP contribution >= 0.6 is 0 Å². The minimum Gasteiger partial charge on any atom is -0.388 e. The van der Waals surface area contributed by atoms with Crippen LogP contribution in [0.4, 0.5) is 0 Å². The zero-order valence-electron chi connectivity index (χ0n) is 29.6. The van der Waals surface area contributed by atoms with Gasteiger partial charge in [0, 0.05) is 36.6 Å². The molecule has 0 saturated carbocycles. The van der Waals surface area contributed by atoms with Gasteiger partial charge in [0.1, 0.15) is 0 Å². The van der Waals surface area contributed by atoms with Crippen LogP contribution in [-0.4, -0.2) is 19.0 Å². The van der Waals surface area contributed by atoms with Gasteiger partial charge in [0.15, 0.2) is 0 Å². The molecule has 1 heterocycles. The van der Waals surface area contributed by atoms with E-state index in [1.54, 1.807) is 0 Å². The van der Waals surface area contributed by atoms with Gasteiger partial charge in [-0.25, -0.2) is 0 Å². The van der Waals surface area contributed by atoms with Crippen molar-refractivity contribution in [2.45, 2.75) is 58.8 Å². The predicted molar refractivity (Wildman–Crippen MR) is 209 cm³/mol. The quantitative estimate of drug-likeness (QED) is 0.208. The van der Waals surface area contributed by atoms with E-state index in [9.17, 15) is 0 Å². The molecule has 48 heavy (non-hydrogen) atoms. The highest BCUT2D eigenvalue weighted by atomic mass is 15.2. The molecular formula is C46H54N2. The van der Waals surface area contributed by atoms with Crippen LogP contribution in [0.3, 0.4) is 0 Å². The van der Waals surface area contributed by atoms with Gasteiger partial charge < -0.3 is 10.2 Å². The van der Waals surface area contributed by atoms with E-state index in [-0.39, 0.29) is 5.41 Å². The maximum Gasteiger partial charge on any atom is 0.0404 e. The SMILES string of the molecule is C=Cc1ccc(CC(C)C(/C=C/C=C/C=C/C=C2/N(C)C3=CCCC=C3C2(C)Cc2ccc(C=C)cc2)CC2=CCCC=C2NC)cc1. The highest BCUT2D eigenvalue weighted by Gasteiger charge is 2.44. The third-order valence-corrected chi connectivity index (χ3v) is 10.3. The average molecular weight is 635 g/mol. The Morgan fingerprint density at radius 3 is 2.06 bits per heavy atom. The van der Waals surface area contributed by atoms with Gasteiger partial charge in [-0.3, -0.25) is 0 Å². The molecule has 1 fully saturated rings. The summed E-state index contributed by atoms with van der Waals surface area (Å²) in [5.41, 5.74) is 11.9.